The minimum atomic E-state index is 0.0540. The van der Waals surface area contributed by atoms with Gasteiger partial charge >= 0.3 is 0 Å². The largest absolute Gasteiger partial charge is 0.486 e. The normalized spacial score (nSPS) is 21.0. The highest BCUT2D eigenvalue weighted by Gasteiger charge is 2.22. The topological polar surface area (TPSA) is 60.0 Å². The number of rotatable bonds is 7. The summed E-state index contributed by atoms with van der Waals surface area (Å²) in [4.78, 5) is 14.9. The van der Waals surface area contributed by atoms with Crippen LogP contribution in [0.1, 0.15) is 37.0 Å². The summed E-state index contributed by atoms with van der Waals surface area (Å²) >= 11 is 0. The van der Waals surface area contributed by atoms with Crippen LogP contribution in [0.2, 0.25) is 0 Å². The molecule has 2 aliphatic rings. The second-order valence-corrected chi connectivity index (χ2v) is 8.47. The van der Waals surface area contributed by atoms with E-state index in [1.807, 2.05) is 24.3 Å². The Morgan fingerprint density at radius 3 is 2.48 bits per heavy atom. The highest BCUT2D eigenvalue weighted by molar-refractivity contribution is 5.76. The van der Waals surface area contributed by atoms with Crippen LogP contribution in [0.4, 0.5) is 0 Å². The molecule has 6 nitrogen and oxygen atoms in total. The number of nitrogens with zero attached hydrogens (tertiary/aromatic N) is 1. The van der Waals surface area contributed by atoms with Crippen LogP contribution >= 0.6 is 0 Å². The lowest BCUT2D eigenvalue weighted by atomic mass is 10.1. The number of benzene rings is 2. The molecular weight excluding hydrogens is 392 g/mol. The Hall–Kier alpha value is -2.57. The van der Waals surface area contributed by atoms with E-state index in [-0.39, 0.29) is 18.1 Å². The van der Waals surface area contributed by atoms with E-state index in [2.05, 4.69) is 42.3 Å². The van der Waals surface area contributed by atoms with E-state index in [4.69, 9.17) is 14.2 Å². The van der Waals surface area contributed by atoms with Gasteiger partial charge in [0.05, 0.1) is 12.2 Å². The molecule has 166 valence electrons. The zero-order valence-corrected chi connectivity index (χ0v) is 18.4. The molecule has 0 aliphatic carbocycles. The van der Waals surface area contributed by atoms with Crippen molar-refractivity contribution in [3.05, 3.63) is 59.2 Å². The number of hydrogen-bond acceptors (Lipinski definition) is 5. The fraction of sp³-hybridized carbons (Fsp3) is 0.480. The zero-order valence-electron chi connectivity index (χ0n) is 18.4. The summed E-state index contributed by atoms with van der Waals surface area (Å²) in [5, 5.41) is 3.09. The Labute approximate surface area is 184 Å². The van der Waals surface area contributed by atoms with Gasteiger partial charge in [-0.2, -0.15) is 0 Å². The molecule has 6 heteroatoms. The molecular formula is C25H32N2O4. The lowest BCUT2D eigenvalue weighted by Gasteiger charge is -2.35. The Bertz CT molecular complexity index is 891. The summed E-state index contributed by atoms with van der Waals surface area (Å²) in [6.45, 7) is 8.68. The number of carbonyl (C=O) groups is 1. The third-order valence-corrected chi connectivity index (χ3v) is 5.73. The fourth-order valence-corrected chi connectivity index (χ4v) is 4.32. The maximum Gasteiger partial charge on any atom is 0.220 e. The summed E-state index contributed by atoms with van der Waals surface area (Å²) in [6, 6.07) is 14.2. The van der Waals surface area contributed by atoms with Crippen molar-refractivity contribution in [2.24, 2.45) is 0 Å². The summed E-state index contributed by atoms with van der Waals surface area (Å²) in [6.07, 6.45) is 1.61. The molecule has 31 heavy (non-hydrogen) atoms. The number of hydrogen-bond donors (Lipinski definition) is 1. The molecule has 2 unspecified atom stereocenters. The average molecular weight is 425 g/mol. The first kappa shape index (κ1) is 21.7. The summed E-state index contributed by atoms with van der Waals surface area (Å²) in [7, 11) is 0. The quantitative estimate of drug-likeness (QED) is 0.739. The maximum atomic E-state index is 12.5. The molecule has 2 heterocycles. The lowest BCUT2D eigenvalue weighted by Crippen LogP contribution is -2.45. The van der Waals surface area contributed by atoms with Crippen molar-refractivity contribution >= 4 is 5.91 Å². The van der Waals surface area contributed by atoms with Crippen molar-refractivity contribution < 1.29 is 19.0 Å². The zero-order chi connectivity index (χ0) is 21.6. The molecule has 2 aliphatic heterocycles. The Kier molecular flexibility index (Phi) is 7.10. The third kappa shape index (κ3) is 5.99. The first-order valence-electron chi connectivity index (χ1n) is 11.2. The Balaban J connectivity index is 1.28. The second-order valence-electron chi connectivity index (χ2n) is 8.47. The van der Waals surface area contributed by atoms with Gasteiger partial charge in [0.15, 0.2) is 11.5 Å². The summed E-state index contributed by atoms with van der Waals surface area (Å²) in [5.74, 6) is 1.60. The number of ether oxygens (including phenoxy) is 3. The molecule has 1 N–H and O–H groups in total. The van der Waals surface area contributed by atoms with E-state index in [1.54, 1.807) is 0 Å². The number of carbonyl (C=O) groups excluding carboxylic acids is 1. The molecule has 0 saturated carbocycles. The van der Waals surface area contributed by atoms with Crippen LogP contribution in [-0.4, -0.2) is 49.3 Å². The van der Waals surface area contributed by atoms with E-state index >= 15 is 0 Å². The molecule has 0 radical (unpaired) electrons. The average Bonchev–Trinajstić information content (AvgIpc) is 2.76. The van der Waals surface area contributed by atoms with Crippen molar-refractivity contribution in [2.75, 3.05) is 26.3 Å². The van der Waals surface area contributed by atoms with Crippen molar-refractivity contribution in [1.29, 1.82) is 0 Å². The third-order valence-electron chi connectivity index (χ3n) is 5.73. The molecule has 0 bridgehead atoms. The highest BCUT2D eigenvalue weighted by Crippen LogP contribution is 2.31. The van der Waals surface area contributed by atoms with Crippen LogP contribution < -0.4 is 14.8 Å². The Morgan fingerprint density at radius 1 is 1.00 bits per heavy atom. The number of amides is 1. The van der Waals surface area contributed by atoms with Crippen LogP contribution in [-0.2, 0) is 29.0 Å². The molecule has 0 spiro atoms. The van der Waals surface area contributed by atoms with E-state index < -0.39 is 0 Å². The van der Waals surface area contributed by atoms with Gasteiger partial charge in [0.2, 0.25) is 5.91 Å². The van der Waals surface area contributed by atoms with Gasteiger partial charge in [-0.3, -0.25) is 9.69 Å². The van der Waals surface area contributed by atoms with Gasteiger partial charge in [0.25, 0.3) is 0 Å². The van der Waals surface area contributed by atoms with Gasteiger partial charge in [0.1, 0.15) is 13.2 Å². The van der Waals surface area contributed by atoms with Crippen LogP contribution in [0.15, 0.2) is 42.5 Å². The second kappa shape index (κ2) is 10.2. The van der Waals surface area contributed by atoms with Crippen LogP contribution in [0.3, 0.4) is 0 Å². The first-order valence-corrected chi connectivity index (χ1v) is 11.2. The lowest BCUT2D eigenvalue weighted by molar-refractivity contribution is -0.121. The van der Waals surface area contributed by atoms with Crippen molar-refractivity contribution in [3.8, 4) is 11.5 Å². The number of fused-ring (bicyclic) bond motifs is 1. The van der Waals surface area contributed by atoms with Gasteiger partial charge in [0, 0.05) is 32.6 Å². The fourth-order valence-electron chi connectivity index (χ4n) is 4.32. The van der Waals surface area contributed by atoms with E-state index in [9.17, 15) is 4.79 Å². The number of aryl methyl sites for hydroxylation is 1. The molecule has 4 rings (SSSR count). The van der Waals surface area contributed by atoms with Crippen LogP contribution in [0.25, 0.3) is 0 Å². The standard InChI is InChI=1S/C25H32N2O4/c1-18-15-27(16-19(2)31-18)17-22-6-4-3-5-21(22)14-26-25(28)10-8-20-7-9-23-24(13-20)30-12-11-29-23/h3-7,9,13,18-19H,8,10-12,14-17H2,1-2H3,(H,26,28). The number of morpholine rings is 1. The maximum absolute atomic E-state index is 12.5. The van der Waals surface area contributed by atoms with E-state index in [1.165, 1.54) is 11.1 Å². The smallest absolute Gasteiger partial charge is 0.220 e. The molecule has 2 aromatic rings. The molecule has 1 amide bonds. The molecule has 1 saturated heterocycles. The summed E-state index contributed by atoms with van der Waals surface area (Å²) < 4.78 is 17.0. The van der Waals surface area contributed by atoms with Crippen molar-refractivity contribution in [2.45, 2.75) is 52.0 Å². The van der Waals surface area contributed by atoms with Gasteiger partial charge in [-0.05, 0) is 49.1 Å². The molecule has 2 aromatic carbocycles. The van der Waals surface area contributed by atoms with Gasteiger partial charge in [-0.15, -0.1) is 0 Å². The van der Waals surface area contributed by atoms with Crippen LogP contribution in [0.5, 0.6) is 11.5 Å². The van der Waals surface area contributed by atoms with Crippen molar-refractivity contribution in [1.82, 2.24) is 10.2 Å². The van der Waals surface area contributed by atoms with E-state index in [0.29, 0.717) is 32.6 Å². The van der Waals surface area contributed by atoms with Gasteiger partial charge < -0.3 is 19.5 Å². The predicted octanol–water partition coefficient (Wildman–Crippen LogP) is 3.32. The minimum absolute atomic E-state index is 0.0540. The van der Waals surface area contributed by atoms with E-state index in [0.717, 1.165) is 36.7 Å². The monoisotopic (exact) mass is 424 g/mol. The van der Waals surface area contributed by atoms with Gasteiger partial charge in [-0.1, -0.05) is 30.3 Å². The predicted molar refractivity (Wildman–Crippen MR) is 119 cm³/mol. The first-order chi connectivity index (χ1) is 15.1. The minimum Gasteiger partial charge on any atom is -0.486 e. The highest BCUT2D eigenvalue weighted by atomic mass is 16.6. The molecule has 0 aromatic heterocycles. The van der Waals surface area contributed by atoms with Crippen LogP contribution in [0, 0.1) is 0 Å². The summed E-state index contributed by atoms with van der Waals surface area (Å²) in [5.41, 5.74) is 3.51. The van der Waals surface area contributed by atoms with Gasteiger partial charge in [-0.25, -0.2) is 0 Å². The number of nitrogens with one attached hydrogen (secondary N) is 1. The molecule has 2 atom stereocenters. The SMILES string of the molecule is CC1CN(Cc2ccccc2CNC(=O)CCc2ccc3c(c2)OCCO3)CC(C)O1. The Morgan fingerprint density at radius 2 is 1.71 bits per heavy atom. The molecule has 1 fully saturated rings. The van der Waals surface area contributed by atoms with Crippen molar-refractivity contribution in [3.63, 3.8) is 0 Å².